The minimum Gasteiger partial charge on any atom is -0.481 e. The Balaban J connectivity index is 1.76. The molecule has 1 atom stereocenters. The van der Waals surface area contributed by atoms with Gasteiger partial charge >= 0.3 is 18.2 Å². The van der Waals surface area contributed by atoms with E-state index in [0.29, 0.717) is 19.4 Å². The van der Waals surface area contributed by atoms with Crippen molar-refractivity contribution in [3.05, 3.63) is 23.9 Å². The lowest BCUT2D eigenvalue weighted by Crippen LogP contribution is -2.47. The molecule has 138 valence electrons. The number of amides is 2. The van der Waals surface area contributed by atoms with Crippen molar-refractivity contribution in [2.24, 2.45) is 5.92 Å². The maximum absolute atomic E-state index is 12.5. The van der Waals surface area contributed by atoms with Gasteiger partial charge in [-0.15, -0.1) is 0 Å². The number of carbonyl (C=O) groups is 2. The number of alkyl halides is 3. The van der Waals surface area contributed by atoms with E-state index >= 15 is 0 Å². The molecule has 2 N–H and O–H groups in total. The molecule has 0 saturated carbocycles. The van der Waals surface area contributed by atoms with Gasteiger partial charge in [0.2, 0.25) is 5.88 Å². The quantitative estimate of drug-likeness (QED) is 0.783. The summed E-state index contributed by atoms with van der Waals surface area (Å²) in [4.78, 5) is 27.7. The lowest BCUT2D eigenvalue weighted by Gasteiger charge is -2.30. The highest BCUT2D eigenvalue weighted by molar-refractivity contribution is 5.76. The first-order valence-electron chi connectivity index (χ1n) is 7.70. The average Bonchev–Trinajstić information content (AvgIpc) is 2.58. The fourth-order valence-corrected chi connectivity index (χ4v) is 2.44. The minimum absolute atomic E-state index is 0.0593. The molecule has 1 aliphatic heterocycles. The largest absolute Gasteiger partial charge is 0.481 e. The number of likely N-dealkylation sites (tertiary alicyclic amines) is 1. The lowest BCUT2D eigenvalue weighted by molar-refractivity contribution is -0.143. The topological polar surface area (TPSA) is 91.8 Å². The minimum atomic E-state index is -4.55. The maximum Gasteiger partial charge on any atom is 0.433 e. The Hall–Kier alpha value is -2.52. The number of aromatic nitrogens is 1. The van der Waals surface area contributed by atoms with Gasteiger partial charge in [-0.05, 0) is 18.9 Å². The number of piperidine rings is 1. The molecule has 1 fully saturated rings. The monoisotopic (exact) mass is 361 g/mol. The summed E-state index contributed by atoms with van der Waals surface area (Å²) in [5.74, 6) is -1.70. The van der Waals surface area contributed by atoms with Gasteiger partial charge in [-0.2, -0.15) is 13.2 Å². The Labute approximate surface area is 141 Å². The maximum atomic E-state index is 12.5. The van der Waals surface area contributed by atoms with Crippen LogP contribution in [0.2, 0.25) is 0 Å². The van der Waals surface area contributed by atoms with Crippen molar-refractivity contribution in [3.8, 4) is 5.88 Å². The van der Waals surface area contributed by atoms with Crippen LogP contribution in [0.25, 0.3) is 0 Å². The van der Waals surface area contributed by atoms with E-state index in [1.54, 1.807) is 0 Å². The molecule has 1 aromatic rings. The van der Waals surface area contributed by atoms with Gasteiger partial charge in [0.15, 0.2) is 0 Å². The molecule has 10 heteroatoms. The number of urea groups is 1. The summed E-state index contributed by atoms with van der Waals surface area (Å²) in [6, 6.07) is 2.89. The Morgan fingerprint density at radius 3 is 2.84 bits per heavy atom. The molecule has 0 spiro atoms. The summed E-state index contributed by atoms with van der Waals surface area (Å²) in [7, 11) is 0. The van der Waals surface area contributed by atoms with E-state index < -0.39 is 29.8 Å². The van der Waals surface area contributed by atoms with Gasteiger partial charge in [-0.3, -0.25) is 4.79 Å². The predicted octanol–water partition coefficient (Wildman–Crippen LogP) is 1.99. The third kappa shape index (κ3) is 5.50. The summed E-state index contributed by atoms with van der Waals surface area (Å²) < 4.78 is 42.7. The van der Waals surface area contributed by atoms with Crippen LogP contribution in [0.4, 0.5) is 18.0 Å². The van der Waals surface area contributed by atoms with Crippen molar-refractivity contribution in [1.82, 2.24) is 15.2 Å². The fourth-order valence-electron chi connectivity index (χ4n) is 2.44. The molecule has 1 aromatic heterocycles. The van der Waals surface area contributed by atoms with Gasteiger partial charge in [-0.1, -0.05) is 6.07 Å². The molecular formula is C15H18F3N3O4. The first kappa shape index (κ1) is 18.8. The molecule has 0 aromatic carbocycles. The van der Waals surface area contributed by atoms with Crippen LogP contribution in [-0.4, -0.2) is 53.2 Å². The van der Waals surface area contributed by atoms with E-state index in [-0.39, 0.29) is 25.6 Å². The second kappa shape index (κ2) is 8.04. The van der Waals surface area contributed by atoms with Crippen molar-refractivity contribution in [1.29, 1.82) is 0 Å². The van der Waals surface area contributed by atoms with Crippen LogP contribution >= 0.6 is 0 Å². The molecule has 2 heterocycles. The molecule has 25 heavy (non-hydrogen) atoms. The number of rotatable bonds is 5. The number of carboxylic acids is 1. The Bertz CT molecular complexity index is 624. The molecule has 2 amide bonds. The zero-order chi connectivity index (χ0) is 18.4. The number of carbonyl (C=O) groups excluding carboxylic acids is 1. The van der Waals surface area contributed by atoms with Crippen molar-refractivity contribution in [3.63, 3.8) is 0 Å². The number of carboxylic acid groups (broad SMARTS) is 1. The summed E-state index contributed by atoms with van der Waals surface area (Å²) in [6.07, 6.45) is -3.42. The second-order valence-corrected chi connectivity index (χ2v) is 5.56. The van der Waals surface area contributed by atoms with E-state index in [9.17, 15) is 22.8 Å². The first-order valence-corrected chi connectivity index (χ1v) is 7.70. The van der Waals surface area contributed by atoms with Crippen LogP contribution in [0.15, 0.2) is 18.2 Å². The van der Waals surface area contributed by atoms with Gasteiger partial charge in [-0.25, -0.2) is 9.78 Å². The van der Waals surface area contributed by atoms with Crippen LogP contribution in [-0.2, 0) is 11.0 Å². The zero-order valence-electron chi connectivity index (χ0n) is 13.3. The molecule has 1 unspecified atom stereocenters. The SMILES string of the molecule is O=C(O)C1CCCN(C(=O)NCCOc2cccc(C(F)(F)F)n2)C1. The van der Waals surface area contributed by atoms with E-state index in [4.69, 9.17) is 9.84 Å². The molecule has 1 saturated heterocycles. The van der Waals surface area contributed by atoms with E-state index in [2.05, 4.69) is 10.3 Å². The van der Waals surface area contributed by atoms with Crippen LogP contribution < -0.4 is 10.1 Å². The van der Waals surface area contributed by atoms with Crippen molar-refractivity contribution < 1.29 is 32.6 Å². The average molecular weight is 361 g/mol. The number of hydrogen-bond acceptors (Lipinski definition) is 4. The number of aliphatic carboxylic acids is 1. The van der Waals surface area contributed by atoms with Crippen LogP contribution in [0, 0.1) is 5.92 Å². The lowest BCUT2D eigenvalue weighted by atomic mass is 9.99. The van der Waals surface area contributed by atoms with Crippen LogP contribution in [0.3, 0.4) is 0 Å². The first-order chi connectivity index (χ1) is 11.8. The third-order valence-electron chi connectivity index (χ3n) is 3.70. The Kier molecular flexibility index (Phi) is 6.05. The van der Waals surface area contributed by atoms with Gasteiger partial charge in [0, 0.05) is 19.2 Å². The van der Waals surface area contributed by atoms with Crippen molar-refractivity contribution >= 4 is 12.0 Å². The van der Waals surface area contributed by atoms with Crippen LogP contribution in [0.5, 0.6) is 5.88 Å². The third-order valence-corrected chi connectivity index (χ3v) is 3.70. The molecule has 2 rings (SSSR count). The number of halogens is 3. The highest BCUT2D eigenvalue weighted by Crippen LogP contribution is 2.28. The van der Waals surface area contributed by atoms with Gasteiger partial charge in [0.25, 0.3) is 0 Å². The number of pyridine rings is 1. The number of ether oxygens (including phenoxy) is 1. The smallest absolute Gasteiger partial charge is 0.433 e. The summed E-state index contributed by atoms with van der Waals surface area (Å²) in [5, 5.41) is 11.5. The van der Waals surface area contributed by atoms with Crippen molar-refractivity contribution in [2.45, 2.75) is 19.0 Å². The Morgan fingerprint density at radius 1 is 1.40 bits per heavy atom. The summed E-state index contributed by atoms with van der Waals surface area (Å²) in [6.45, 7) is 0.601. The Morgan fingerprint density at radius 2 is 2.16 bits per heavy atom. The van der Waals surface area contributed by atoms with E-state index in [1.807, 2.05) is 0 Å². The highest BCUT2D eigenvalue weighted by atomic mass is 19.4. The second-order valence-electron chi connectivity index (χ2n) is 5.56. The van der Waals surface area contributed by atoms with Gasteiger partial charge in [0.1, 0.15) is 12.3 Å². The number of nitrogens with zero attached hydrogens (tertiary/aromatic N) is 2. The van der Waals surface area contributed by atoms with Gasteiger partial charge < -0.3 is 20.1 Å². The normalized spacial score (nSPS) is 17.9. The standard InChI is InChI=1S/C15H18F3N3O4/c16-15(17,18)11-4-1-5-12(20-11)25-8-6-19-14(24)21-7-2-3-10(9-21)13(22)23/h1,4-5,10H,2-3,6-9H2,(H,19,24)(H,22,23). The van der Waals surface area contributed by atoms with Crippen LogP contribution in [0.1, 0.15) is 18.5 Å². The highest BCUT2D eigenvalue weighted by Gasteiger charge is 2.32. The molecule has 7 nitrogen and oxygen atoms in total. The molecule has 0 aliphatic carbocycles. The van der Waals surface area contributed by atoms with E-state index in [0.717, 1.165) is 6.07 Å². The summed E-state index contributed by atoms with van der Waals surface area (Å²) >= 11 is 0. The van der Waals surface area contributed by atoms with Gasteiger partial charge in [0.05, 0.1) is 12.5 Å². The van der Waals surface area contributed by atoms with Crippen molar-refractivity contribution in [2.75, 3.05) is 26.2 Å². The number of nitrogens with one attached hydrogen (secondary N) is 1. The molecule has 0 radical (unpaired) electrons. The van der Waals surface area contributed by atoms with E-state index in [1.165, 1.54) is 17.0 Å². The predicted molar refractivity (Wildman–Crippen MR) is 80.1 cm³/mol. The zero-order valence-corrected chi connectivity index (χ0v) is 13.3. The molecular weight excluding hydrogens is 343 g/mol. The summed E-state index contributed by atoms with van der Waals surface area (Å²) in [5.41, 5.74) is -1.05. The fraction of sp³-hybridized carbons (Fsp3) is 0.533. The molecule has 0 bridgehead atoms. The molecule has 1 aliphatic rings. The number of hydrogen-bond donors (Lipinski definition) is 2.